The zero-order valence-electron chi connectivity index (χ0n) is 11.0. The van der Waals surface area contributed by atoms with Crippen LogP contribution in [-0.2, 0) is 11.2 Å². The van der Waals surface area contributed by atoms with Gasteiger partial charge < -0.3 is 5.73 Å². The van der Waals surface area contributed by atoms with Crippen LogP contribution in [0.4, 0.5) is 0 Å². The lowest BCUT2D eigenvalue weighted by Gasteiger charge is -2.23. The standard InChI is InChI=1S/C13H22N2OS/c1-10-15-11(9-17-10)8-12(16)4-5-13(2,3)6-7-14/h9H,4-8,14H2,1-3H3. The fourth-order valence-electron chi connectivity index (χ4n) is 1.77. The van der Waals surface area contributed by atoms with Crippen LogP contribution in [0.3, 0.4) is 0 Å². The lowest BCUT2D eigenvalue weighted by atomic mass is 9.83. The molecule has 0 fully saturated rings. The van der Waals surface area contributed by atoms with Gasteiger partial charge in [-0.1, -0.05) is 13.8 Å². The predicted molar refractivity (Wildman–Crippen MR) is 72.2 cm³/mol. The van der Waals surface area contributed by atoms with E-state index < -0.39 is 0 Å². The minimum atomic E-state index is 0.169. The van der Waals surface area contributed by atoms with E-state index in [0.29, 0.717) is 19.4 Å². The van der Waals surface area contributed by atoms with Crippen molar-refractivity contribution < 1.29 is 4.79 Å². The third-order valence-corrected chi connectivity index (χ3v) is 3.77. The zero-order chi connectivity index (χ0) is 12.9. The van der Waals surface area contributed by atoms with E-state index in [1.54, 1.807) is 11.3 Å². The summed E-state index contributed by atoms with van der Waals surface area (Å²) in [6.45, 7) is 6.98. The van der Waals surface area contributed by atoms with Crippen LogP contribution in [0.1, 0.15) is 43.8 Å². The van der Waals surface area contributed by atoms with Crippen LogP contribution in [0.15, 0.2) is 5.38 Å². The molecule has 0 unspecified atom stereocenters. The van der Waals surface area contributed by atoms with Gasteiger partial charge in [-0.3, -0.25) is 4.79 Å². The Labute approximate surface area is 107 Å². The molecular weight excluding hydrogens is 232 g/mol. The Morgan fingerprint density at radius 1 is 1.47 bits per heavy atom. The van der Waals surface area contributed by atoms with Gasteiger partial charge in [0.25, 0.3) is 0 Å². The number of hydrogen-bond acceptors (Lipinski definition) is 4. The number of carbonyl (C=O) groups excluding carboxylic acids is 1. The van der Waals surface area contributed by atoms with Crippen LogP contribution < -0.4 is 5.73 Å². The lowest BCUT2D eigenvalue weighted by Crippen LogP contribution is -2.18. The molecule has 0 aromatic carbocycles. The number of carbonyl (C=O) groups is 1. The van der Waals surface area contributed by atoms with Crippen LogP contribution in [0, 0.1) is 12.3 Å². The molecule has 17 heavy (non-hydrogen) atoms. The molecule has 0 aliphatic carbocycles. The summed E-state index contributed by atoms with van der Waals surface area (Å²) in [6, 6.07) is 0. The summed E-state index contributed by atoms with van der Waals surface area (Å²) < 4.78 is 0. The molecule has 0 bridgehead atoms. The van der Waals surface area contributed by atoms with Crippen molar-refractivity contribution in [1.82, 2.24) is 4.98 Å². The van der Waals surface area contributed by atoms with Gasteiger partial charge in [0.05, 0.1) is 10.7 Å². The van der Waals surface area contributed by atoms with Crippen LogP contribution in [0.25, 0.3) is 0 Å². The van der Waals surface area contributed by atoms with Crippen molar-refractivity contribution in [1.29, 1.82) is 0 Å². The highest BCUT2D eigenvalue weighted by Crippen LogP contribution is 2.26. The van der Waals surface area contributed by atoms with E-state index in [1.165, 1.54) is 0 Å². The molecule has 0 saturated carbocycles. The molecule has 1 aromatic heterocycles. The molecule has 0 amide bonds. The topological polar surface area (TPSA) is 56.0 Å². The largest absolute Gasteiger partial charge is 0.330 e. The number of ketones is 1. The first-order valence-electron chi connectivity index (χ1n) is 6.06. The van der Waals surface area contributed by atoms with E-state index in [4.69, 9.17) is 5.73 Å². The third-order valence-electron chi connectivity index (χ3n) is 2.95. The van der Waals surface area contributed by atoms with Crippen LogP contribution in [0.5, 0.6) is 0 Å². The second kappa shape index (κ2) is 6.26. The number of aryl methyl sites for hydroxylation is 1. The minimum Gasteiger partial charge on any atom is -0.330 e. The SMILES string of the molecule is Cc1nc(CC(=O)CCC(C)(C)CCN)cs1. The second-order valence-electron chi connectivity index (χ2n) is 5.28. The van der Waals surface area contributed by atoms with E-state index in [9.17, 15) is 4.79 Å². The number of Topliss-reactive ketones (excluding diaryl/α,β-unsaturated/α-hetero) is 1. The van der Waals surface area contributed by atoms with Crippen LogP contribution >= 0.6 is 11.3 Å². The highest BCUT2D eigenvalue weighted by molar-refractivity contribution is 7.09. The molecule has 0 atom stereocenters. The Kier molecular flexibility index (Phi) is 5.28. The Bertz CT molecular complexity index is 371. The van der Waals surface area contributed by atoms with Gasteiger partial charge in [-0.2, -0.15) is 0 Å². The first-order chi connectivity index (χ1) is 7.93. The molecule has 0 radical (unpaired) electrons. The highest BCUT2D eigenvalue weighted by Gasteiger charge is 2.18. The number of hydrogen-bond donors (Lipinski definition) is 1. The van der Waals surface area contributed by atoms with Gasteiger partial charge in [0.2, 0.25) is 0 Å². The Morgan fingerprint density at radius 3 is 2.71 bits per heavy atom. The average Bonchev–Trinajstić information content (AvgIpc) is 2.61. The number of thiazole rings is 1. The first-order valence-corrected chi connectivity index (χ1v) is 6.94. The van der Waals surface area contributed by atoms with E-state index >= 15 is 0 Å². The Hall–Kier alpha value is -0.740. The number of nitrogens with two attached hydrogens (primary N) is 1. The predicted octanol–water partition coefficient (Wildman–Crippen LogP) is 2.72. The molecule has 3 nitrogen and oxygen atoms in total. The van der Waals surface area contributed by atoms with Crippen molar-refractivity contribution in [2.24, 2.45) is 11.1 Å². The van der Waals surface area contributed by atoms with Gasteiger partial charge in [0.15, 0.2) is 0 Å². The summed E-state index contributed by atoms with van der Waals surface area (Å²) in [7, 11) is 0. The maximum atomic E-state index is 11.8. The fraction of sp³-hybridized carbons (Fsp3) is 0.692. The summed E-state index contributed by atoms with van der Waals surface area (Å²) in [4.78, 5) is 16.1. The maximum absolute atomic E-state index is 11.8. The fourth-order valence-corrected chi connectivity index (χ4v) is 2.39. The van der Waals surface area contributed by atoms with Crippen molar-refractivity contribution in [3.63, 3.8) is 0 Å². The summed E-state index contributed by atoms with van der Waals surface area (Å²) in [5.74, 6) is 0.278. The van der Waals surface area contributed by atoms with Gasteiger partial charge in [-0.05, 0) is 31.7 Å². The van der Waals surface area contributed by atoms with Gasteiger partial charge in [0, 0.05) is 18.2 Å². The lowest BCUT2D eigenvalue weighted by molar-refractivity contribution is -0.119. The molecule has 96 valence electrons. The van der Waals surface area contributed by atoms with E-state index in [2.05, 4.69) is 18.8 Å². The molecule has 0 aliphatic rings. The minimum absolute atomic E-state index is 0.169. The van der Waals surface area contributed by atoms with Crippen molar-refractivity contribution in [2.75, 3.05) is 6.54 Å². The monoisotopic (exact) mass is 254 g/mol. The quantitative estimate of drug-likeness (QED) is 0.814. The van der Waals surface area contributed by atoms with Crippen LogP contribution in [-0.4, -0.2) is 17.3 Å². The highest BCUT2D eigenvalue weighted by atomic mass is 32.1. The Balaban J connectivity index is 2.35. The van der Waals surface area contributed by atoms with Gasteiger partial charge >= 0.3 is 0 Å². The molecule has 1 heterocycles. The van der Waals surface area contributed by atoms with E-state index in [1.807, 2.05) is 12.3 Å². The smallest absolute Gasteiger partial charge is 0.138 e. The van der Waals surface area contributed by atoms with Crippen molar-refractivity contribution in [2.45, 2.75) is 46.5 Å². The summed E-state index contributed by atoms with van der Waals surface area (Å²) in [5, 5.41) is 2.99. The Morgan fingerprint density at radius 2 is 2.18 bits per heavy atom. The van der Waals surface area contributed by atoms with E-state index in [-0.39, 0.29) is 11.2 Å². The molecule has 1 aromatic rings. The number of nitrogens with zero attached hydrogens (tertiary/aromatic N) is 1. The zero-order valence-corrected chi connectivity index (χ0v) is 11.8. The van der Waals surface area contributed by atoms with Crippen LogP contribution in [0.2, 0.25) is 0 Å². The van der Waals surface area contributed by atoms with E-state index in [0.717, 1.165) is 23.5 Å². The third kappa shape index (κ3) is 5.41. The number of aromatic nitrogens is 1. The summed E-state index contributed by atoms with van der Waals surface area (Å²) >= 11 is 1.60. The molecule has 0 saturated heterocycles. The molecule has 2 N–H and O–H groups in total. The average molecular weight is 254 g/mol. The van der Waals surface area contributed by atoms with Crippen molar-refractivity contribution >= 4 is 17.1 Å². The summed E-state index contributed by atoms with van der Waals surface area (Å²) in [5.41, 5.74) is 6.63. The van der Waals surface area contributed by atoms with Crippen molar-refractivity contribution in [3.8, 4) is 0 Å². The van der Waals surface area contributed by atoms with Gasteiger partial charge in [0.1, 0.15) is 5.78 Å². The molecule has 0 aliphatic heterocycles. The molecule has 4 heteroatoms. The summed E-state index contributed by atoms with van der Waals surface area (Å²) in [6.07, 6.45) is 2.98. The molecule has 0 spiro atoms. The maximum Gasteiger partial charge on any atom is 0.138 e. The first kappa shape index (κ1) is 14.3. The molecule has 1 rings (SSSR count). The molecular formula is C13H22N2OS. The number of rotatable bonds is 7. The normalized spacial score (nSPS) is 11.8. The van der Waals surface area contributed by atoms with Gasteiger partial charge in [-0.15, -0.1) is 11.3 Å². The van der Waals surface area contributed by atoms with Crippen molar-refractivity contribution in [3.05, 3.63) is 16.1 Å². The second-order valence-corrected chi connectivity index (χ2v) is 6.34. The van der Waals surface area contributed by atoms with Gasteiger partial charge in [-0.25, -0.2) is 4.98 Å².